The molecule has 8 heteroatoms. The topological polar surface area (TPSA) is 105 Å². The molecule has 0 atom stereocenters. The van der Waals surface area contributed by atoms with Gasteiger partial charge in [0.15, 0.2) is 0 Å². The Bertz CT molecular complexity index is 1010. The zero-order chi connectivity index (χ0) is 20.1. The van der Waals surface area contributed by atoms with Gasteiger partial charge in [0.1, 0.15) is 34.2 Å². The van der Waals surface area contributed by atoms with Crippen molar-refractivity contribution in [3.63, 3.8) is 0 Å². The van der Waals surface area contributed by atoms with Crippen LogP contribution in [0.3, 0.4) is 0 Å². The third-order valence-corrected chi connectivity index (χ3v) is 4.81. The number of hydrogen-bond acceptors (Lipinski definition) is 6. The standard InChI is InChI=1S/C20H22ClN7/c1-3-17-25-18(21)13(2)20(26-17)24-11-7-10-16-15(12-22)19(23)28(27-16)14-8-5-4-6-9-14/h4-6,8-9H,3,7,10-11,23H2,1-2H3,(H,24,25,26). The fourth-order valence-electron chi connectivity index (χ4n) is 2.87. The lowest BCUT2D eigenvalue weighted by Gasteiger charge is -2.10. The van der Waals surface area contributed by atoms with Crippen molar-refractivity contribution >= 4 is 23.2 Å². The minimum absolute atomic E-state index is 0.364. The molecule has 0 bridgehead atoms. The van der Waals surface area contributed by atoms with Gasteiger partial charge in [0, 0.05) is 18.5 Å². The Balaban J connectivity index is 1.69. The van der Waals surface area contributed by atoms with Crippen LogP contribution in [0.2, 0.25) is 5.15 Å². The minimum atomic E-state index is 0.364. The number of nitriles is 1. The zero-order valence-corrected chi connectivity index (χ0v) is 16.7. The summed E-state index contributed by atoms with van der Waals surface area (Å²) in [6.07, 6.45) is 2.11. The van der Waals surface area contributed by atoms with Gasteiger partial charge in [-0.05, 0) is 31.9 Å². The molecular formula is C20H22ClN7. The Kier molecular flexibility index (Phi) is 6.12. The molecule has 0 unspecified atom stereocenters. The largest absolute Gasteiger partial charge is 0.382 e. The molecule has 3 N–H and O–H groups in total. The fraction of sp³-hybridized carbons (Fsp3) is 0.300. The molecule has 0 spiro atoms. The van der Waals surface area contributed by atoms with E-state index < -0.39 is 0 Å². The van der Waals surface area contributed by atoms with Gasteiger partial charge in [-0.25, -0.2) is 14.6 Å². The van der Waals surface area contributed by atoms with Crippen molar-refractivity contribution in [1.82, 2.24) is 19.7 Å². The summed E-state index contributed by atoms with van der Waals surface area (Å²) >= 11 is 6.17. The molecule has 7 nitrogen and oxygen atoms in total. The molecule has 0 saturated carbocycles. The van der Waals surface area contributed by atoms with Gasteiger partial charge in [0.2, 0.25) is 0 Å². The molecule has 1 aromatic carbocycles. The Hall–Kier alpha value is -3.11. The van der Waals surface area contributed by atoms with Gasteiger partial charge in [0.05, 0.1) is 11.4 Å². The summed E-state index contributed by atoms with van der Waals surface area (Å²) in [7, 11) is 0. The molecule has 0 saturated heterocycles. The van der Waals surface area contributed by atoms with Crippen molar-refractivity contribution in [3.05, 3.63) is 58.1 Å². The highest BCUT2D eigenvalue weighted by atomic mass is 35.5. The number of benzene rings is 1. The van der Waals surface area contributed by atoms with Crippen LogP contribution in [0.15, 0.2) is 30.3 Å². The van der Waals surface area contributed by atoms with E-state index in [1.54, 1.807) is 4.68 Å². The van der Waals surface area contributed by atoms with Crippen molar-refractivity contribution in [2.75, 3.05) is 17.6 Å². The molecular weight excluding hydrogens is 374 g/mol. The second-order valence-corrected chi connectivity index (χ2v) is 6.71. The zero-order valence-electron chi connectivity index (χ0n) is 15.9. The summed E-state index contributed by atoms with van der Waals surface area (Å²) in [5, 5.41) is 17.8. The summed E-state index contributed by atoms with van der Waals surface area (Å²) in [4.78, 5) is 8.73. The number of aryl methyl sites for hydroxylation is 2. The summed E-state index contributed by atoms with van der Waals surface area (Å²) < 4.78 is 1.61. The number of nitrogens with one attached hydrogen (secondary N) is 1. The van der Waals surface area contributed by atoms with Crippen LogP contribution in [0.5, 0.6) is 0 Å². The summed E-state index contributed by atoms with van der Waals surface area (Å²) in [5.74, 6) is 1.81. The van der Waals surface area contributed by atoms with E-state index in [0.717, 1.165) is 29.9 Å². The molecule has 144 valence electrons. The first-order valence-electron chi connectivity index (χ1n) is 9.14. The second kappa shape index (κ2) is 8.72. The number of nitrogens with zero attached hydrogens (tertiary/aromatic N) is 5. The predicted molar refractivity (Wildman–Crippen MR) is 111 cm³/mol. The van der Waals surface area contributed by atoms with Crippen LogP contribution >= 0.6 is 11.6 Å². The molecule has 0 aliphatic carbocycles. The second-order valence-electron chi connectivity index (χ2n) is 6.35. The van der Waals surface area contributed by atoms with E-state index in [1.807, 2.05) is 44.2 Å². The normalized spacial score (nSPS) is 10.6. The Labute approximate surface area is 169 Å². The van der Waals surface area contributed by atoms with Crippen molar-refractivity contribution in [2.24, 2.45) is 0 Å². The van der Waals surface area contributed by atoms with Gasteiger partial charge in [-0.2, -0.15) is 10.4 Å². The predicted octanol–water partition coefficient (Wildman–Crippen LogP) is 3.69. The third-order valence-electron chi connectivity index (χ3n) is 4.44. The van der Waals surface area contributed by atoms with Crippen molar-refractivity contribution in [1.29, 1.82) is 5.26 Å². The van der Waals surface area contributed by atoms with Crippen molar-refractivity contribution in [2.45, 2.75) is 33.1 Å². The van der Waals surface area contributed by atoms with Gasteiger partial charge in [0.25, 0.3) is 0 Å². The molecule has 0 radical (unpaired) electrons. The van der Waals surface area contributed by atoms with Crippen LogP contribution in [0.4, 0.5) is 11.6 Å². The first-order chi connectivity index (χ1) is 13.5. The smallest absolute Gasteiger partial charge is 0.145 e. The van der Waals surface area contributed by atoms with Gasteiger partial charge >= 0.3 is 0 Å². The molecule has 2 aromatic heterocycles. The first kappa shape index (κ1) is 19.6. The summed E-state index contributed by atoms with van der Waals surface area (Å²) in [5.41, 5.74) is 8.92. The van der Waals surface area contributed by atoms with Crippen LogP contribution in [-0.2, 0) is 12.8 Å². The first-order valence-corrected chi connectivity index (χ1v) is 9.52. The summed E-state index contributed by atoms with van der Waals surface area (Å²) in [6, 6.07) is 11.7. The maximum Gasteiger partial charge on any atom is 0.145 e. The van der Waals surface area contributed by atoms with Gasteiger partial charge in [-0.3, -0.25) is 0 Å². The molecule has 3 aromatic rings. The van der Waals surface area contributed by atoms with Crippen LogP contribution in [0.1, 0.15) is 36.0 Å². The van der Waals surface area contributed by atoms with Gasteiger partial charge < -0.3 is 11.1 Å². The number of aromatic nitrogens is 4. The van der Waals surface area contributed by atoms with E-state index in [9.17, 15) is 5.26 Å². The van der Waals surface area contributed by atoms with Crippen LogP contribution in [-0.4, -0.2) is 26.3 Å². The van der Waals surface area contributed by atoms with E-state index in [0.29, 0.717) is 41.0 Å². The van der Waals surface area contributed by atoms with Gasteiger partial charge in [-0.1, -0.05) is 36.7 Å². The van der Waals surface area contributed by atoms with Gasteiger partial charge in [-0.15, -0.1) is 0 Å². The number of nitrogens with two attached hydrogens (primary N) is 1. The average Bonchev–Trinajstić information content (AvgIpc) is 3.04. The molecule has 2 heterocycles. The highest BCUT2D eigenvalue weighted by molar-refractivity contribution is 6.30. The van der Waals surface area contributed by atoms with Crippen LogP contribution < -0.4 is 11.1 Å². The SMILES string of the molecule is CCc1nc(Cl)c(C)c(NCCCc2nn(-c3ccccc3)c(N)c2C#N)n1. The monoisotopic (exact) mass is 395 g/mol. The van der Waals surface area contributed by atoms with E-state index in [4.69, 9.17) is 17.3 Å². The highest BCUT2D eigenvalue weighted by Gasteiger charge is 2.16. The number of hydrogen-bond donors (Lipinski definition) is 2. The van der Waals surface area contributed by atoms with Crippen molar-refractivity contribution < 1.29 is 0 Å². The van der Waals surface area contributed by atoms with Crippen LogP contribution in [0.25, 0.3) is 5.69 Å². The van der Waals surface area contributed by atoms with E-state index in [-0.39, 0.29) is 0 Å². The lowest BCUT2D eigenvalue weighted by Crippen LogP contribution is -2.09. The van der Waals surface area contributed by atoms with Crippen LogP contribution in [0, 0.1) is 18.3 Å². The number of para-hydroxylation sites is 1. The Morgan fingerprint density at radius 3 is 2.68 bits per heavy atom. The lowest BCUT2D eigenvalue weighted by atomic mass is 10.1. The van der Waals surface area contributed by atoms with E-state index in [1.165, 1.54) is 0 Å². The number of rotatable bonds is 7. The number of nitrogen functional groups attached to an aromatic ring is 1. The minimum Gasteiger partial charge on any atom is -0.382 e. The Morgan fingerprint density at radius 1 is 1.25 bits per heavy atom. The quantitative estimate of drug-likeness (QED) is 0.467. The highest BCUT2D eigenvalue weighted by Crippen LogP contribution is 2.22. The molecule has 0 aliphatic rings. The summed E-state index contributed by atoms with van der Waals surface area (Å²) in [6.45, 7) is 4.54. The molecule has 3 rings (SSSR count). The molecule has 28 heavy (non-hydrogen) atoms. The van der Waals surface area contributed by atoms with Crippen molar-refractivity contribution in [3.8, 4) is 11.8 Å². The maximum absolute atomic E-state index is 9.49. The van der Waals surface area contributed by atoms with E-state index in [2.05, 4.69) is 26.5 Å². The maximum atomic E-state index is 9.49. The number of anilines is 2. The average molecular weight is 396 g/mol. The molecule has 0 aliphatic heterocycles. The fourth-order valence-corrected chi connectivity index (χ4v) is 3.05. The Morgan fingerprint density at radius 2 is 2.00 bits per heavy atom. The lowest BCUT2D eigenvalue weighted by molar-refractivity contribution is 0.787. The third kappa shape index (κ3) is 4.07. The van der Waals surface area contributed by atoms with E-state index >= 15 is 0 Å². The molecule has 0 fully saturated rings. The number of halogens is 1. The molecule has 0 amide bonds.